The zero-order valence-corrected chi connectivity index (χ0v) is 15.2. The third-order valence-corrected chi connectivity index (χ3v) is 4.50. The van der Waals surface area contributed by atoms with Gasteiger partial charge in [0.15, 0.2) is 0 Å². The Kier molecular flexibility index (Phi) is 7.27. The average molecular weight is 353 g/mol. The molecule has 1 fully saturated rings. The highest BCUT2D eigenvalue weighted by molar-refractivity contribution is 5.88. The number of carbonyl (C=O) groups is 1. The average Bonchev–Trinajstić information content (AvgIpc) is 2.65. The molecule has 0 atom stereocenters. The van der Waals surface area contributed by atoms with E-state index in [0.717, 1.165) is 25.9 Å². The molecule has 1 heterocycles. The van der Waals surface area contributed by atoms with Crippen LogP contribution in [-0.4, -0.2) is 34.1 Å². The number of phenolic OH excluding ortho intramolecular Hbond substituents is 2. The molecule has 0 radical (unpaired) electrons. The lowest BCUT2D eigenvalue weighted by atomic mass is 9.96. The van der Waals surface area contributed by atoms with Crippen LogP contribution < -0.4 is 0 Å². The standard InChI is InChI=1S/C22H27NO3/c1-3-10-17-16-20(24)18(11-4-2)19(22(17)26)12-6-7-13-21(25)23-14-8-5-9-15-23/h3-4,6-7,12-13,16,24,26H,1-2,5,8-11,14-15H2/b12-6+,13-7+. The van der Waals surface area contributed by atoms with Gasteiger partial charge in [-0.05, 0) is 38.2 Å². The van der Waals surface area contributed by atoms with Crippen LogP contribution in [0.4, 0.5) is 0 Å². The first-order valence-corrected chi connectivity index (χ1v) is 9.00. The van der Waals surface area contributed by atoms with E-state index in [1.165, 1.54) is 6.42 Å². The third kappa shape index (κ3) is 4.88. The number of hydrogen-bond donors (Lipinski definition) is 2. The smallest absolute Gasteiger partial charge is 0.246 e. The molecule has 1 aliphatic heterocycles. The Labute approximate surface area is 155 Å². The van der Waals surface area contributed by atoms with Crippen LogP contribution in [0.3, 0.4) is 0 Å². The molecule has 0 saturated carbocycles. The molecule has 4 nitrogen and oxygen atoms in total. The van der Waals surface area contributed by atoms with Gasteiger partial charge in [0, 0.05) is 35.9 Å². The van der Waals surface area contributed by atoms with Crippen LogP contribution in [0.25, 0.3) is 6.08 Å². The third-order valence-electron chi connectivity index (χ3n) is 4.50. The molecule has 138 valence electrons. The number of allylic oxidation sites excluding steroid dienone is 4. The Morgan fingerprint density at radius 2 is 1.77 bits per heavy atom. The lowest BCUT2D eigenvalue weighted by Crippen LogP contribution is -2.34. The number of rotatable bonds is 7. The summed E-state index contributed by atoms with van der Waals surface area (Å²) >= 11 is 0. The number of piperidine rings is 1. The topological polar surface area (TPSA) is 60.8 Å². The van der Waals surface area contributed by atoms with Crippen molar-refractivity contribution in [1.29, 1.82) is 0 Å². The summed E-state index contributed by atoms with van der Waals surface area (Å²) in [6, 6.07) is 1.56. The Bertz CT molecular complexity index is 725. The lowest BCUT2D eigenvalue weighted by Gasteiger charge is -2.25. The second-order valence-electron chi connectivity index (χ2n) is 6.39. The van der Waals surface area contributed by atoms with E-state index in [2.05, 4.69) is 13.2 Å². The number of nitrogens with zero attached hydrogens (tertiary/aromatic N) is 1. The van der Waals surface area contributed by atoms with Gasteiger partial charge in [-0.3, -0.25) is 4.79 Å². The SMILES string of the molecule is C=CCc1cc(O)c(CC=C)c(/C=C/C=C/C(=O)N2CCCCC2)c1O. The maximum absolute atomic E-state index is 12.1. The number of aromatic hydroxyl groups is 2. The number of phenols is 2. The molecule has 1 amide bonds. The molecule has 1 aliphatic rings. The monoisotopic (exact) mass is 353 g/mol. The van der Waals surface area contributed by atoms with Gasteiger partial charge in [-0.1, -0.05) is 30.4 Å². The van der Waals surface area contributed by atoms with Gasteiger partial charge in [-0.25, -0.2) is 0 Å². The fourth-order valence-electron chi connectivity index (χ4n) is 3.13. The number of carbonyl (C=O) groups excluding carboxylic acids is 1. The van der Waals surface area contributed by atoms with Gasteiger partial charge >= 0.3 is 0 Å². The van der Waals surface area contributed by atoms with E-state index >= 15 is 0 Å². The summed E-state index contributed by atoms with van der Waals surface area (Å²) < 4.78 is 0. The summed E-state index contributed by atoms with van der Waals surface area (Å²) in [7, 11) is 0. The van der Waals surface area contributed by atoms with Crippen LogP contribution in [0.2, 0.25) is 0 Å². The molecular formula is C22H27NO3. The molecule has 26 heavy (non-hydrogen) atoms. The second-order valence-corrected chi connectivity index (χ2v) is 6.39. The molecule has 0 aromatic heterocycles. The quantitative estimate of drug-likeness (QED) is 0.335. The van der Waals surface area contributed by atoms with E-state index in [0.29, 0.717) is 29.5 Å². The summed E-state index contributed by atoms with van der Waals surface area (Å²) in [5.41, 5.74) is 1.76. The van der Waals surface area contributed by atoms with E-state index in [1.807, 2.05) is 4.90 Å². The normalized spacial score (nSPS) is 14.8. The summed E-state index contributed by atoms with van der Waals surface area (Å²) in [6.07, 6.45) is 14.2. The molecule has 1 saturated heterocycles. The Balaban J connectivity index is 2.21. The molecular weight excluding hydrogens is 326 g/mol. The maximum Gasteiger partial charge on any atom is 0.246 e. The van der Waals surface area contributed by atoms with Gasteiger partial charge in [0.05, 0.1) is 0 Å². The van der Waals surface area contributed by atoms with Crippen molar-refractivity contribution < 1.29 is 15.0 Å². The summed E-state index contributed by atoms with van der Waals surface area (Å²) in [5, 5.41) is 20.8. The van der Waals surface area contributed by atoms with Crippen LogP contribution >= 0.6 is 0 Å². The first kappa shape index (κ1) is 19.6. The zero-order valence-electron chi connectivity index (χ0n) is 15.2. The van der Waals surface area contributed by atoms with Crippen molar-refractivity contribution in [3.63, 3.8) is 0 Å². The van der Waals surface area contributed by atoms with Gasteiger partial charge in [-0.15, -0.1) is 13.2 Å². The number of hydrogen-bond acceptors (Lipinski definition) is 3. The van der Waals surface area contributed by atoms with E-state index in [9.17, 15) is 15.0 Å². The van der Waals surface area contributed by atoms with Crippen LogP contribution in [0, 0.1) is 0 Å². The largest absolute Gasteiger partial charge is 0.508 e. The highest BCUT2D eigenvalue weighted by atomic mass is 16.3. The second kappa shape index (κ2) is 9.66. The minimum atomic E-state index is 0.00754. The molecule has 0 aliphatic carbocycles. The highest BCUT2D eigenvalue weighted by Crippen LogP contribution is 2.35. The van der Waals surface area contributed by atoms with Crippen molar-refractivity contribution in [3.05, 3.63) is 66.3 Å². The van der Waals surface area contributed by atoms with Crippen molar-refractivity contribution in [2.24, 2.45) is 0 Å². The van der Waals surface area contributed by atoms with Gasteiger partial charge in [-0.2, -0.15) is 0 Å². The first-order chi connectivity index (χ1) is 12.6. The molecule has 1 aromatic carbocycles. The summed E-state index contributed by atoms with van der Waals surface area (Å²) in [6.45, 7) is 9.00. The minimum absolute atomic E-state index is 0.00754. The molecule has 2 N–H and O–H groups in total. The minimum Gasteiger partial charge on any atom is -0.508 e. The molecule has 0 unspecified atom stereocenters. The van der Waals surface area contributed by atoms with Crippen LogP contribution in [0.5, 0.6) is 11.5 Å². The van der Waals surface area contributed by atoms with Crippen molar-refractivity contribution >= 4 is 12.0 Å². The summed E-state index contributed by atoms with van der Waals surface area (Å²) in [5.74, 6) is 0.243. The van der Waals surface area contributed by atoms with Crippen molar-refractivity contribution in [1.82, 2.24) is 4.90 Å². The van der Waals surface area contributed by atoms with Gasteiger partial charge < -0.3 is 15.1 Å². The van der Waals surface area contributed by atoms with Gasteiger partial charge in [0.1, 0.15) is 11.5 Å². The Morgan fingerprint density at radius 3 is 2.42 bits per heavy atom. The Morgan fingerprint density at radius 1 is 1.08 bits per heavy atom. The number of benzene rings is 1. The van der Waals surface area contributed by atoms with E-state index in [4.69, 9.17) is 0 Å². The Hall–Kier alpha value is -2.75. The lowest BCUT2D eigenvalue weighted by molar-refractivity contribution is -0.126. The van der Waals surface area contributed by atoms with Crippen molar-refractivity contribution in [2.45, 2.75) is 32.1 Å². The van der Waals surface area contributed by atoms with Crippen LogP contribution in [0.15, 0.2) is 49.6 Å². The van der Waals surface area contributed by atoms with Gasteiger partial charge in [0.2, 0.25) is 5.91 Å². The van der Waals surface area contributed by atoms with E-state index < -0.39 is 0 Å². The number of amides is 1. The molecule has 1 aromatic rings. The van der Waals surface area contributed by atoms with Crippen molar-refractivity contribution in [3.8, 4) is 11.5 Å². The molecule has 0 bridgehead atoms. The van der Waals surface area contributed by atoms with Crippen LogP contribution in [-0.2, 0) is 17.6 Å². The molecule has 2 rings (SSSR count). The summed E-state index contributed by atoms with van der Waals surface area (Å²) in [4.78, 5) is 14.0. The highest BCUT2D eigenvalue weighted by Gasteiger charge is 2.15. The molecule has 0 spiro atoms. The molecule has 4 heteroatoms. The maximum atomic E-state index is 12.1. The predicted molar refractivity (Wildman–Crippen MR) is 106 cm³/mol. The van der Waals surface area contributed by atoms with E-state index in [1.54, 1.807) is 42.5 Å². The van der Waals surface area contributed by atoms with Crippen molar-refractivity contribution in [2.75, 3.05) is 13.1 Å². The number of likely N-dealkylation sites (tertiary alicyclic amines) is 1. The first-order valence-electron chi connectivity index (χ1n) is 9.00. The zero-order chi connectivity index (χ0) is 18.9. The predicted octanol–water partition coefficient (Wildman–Crippen LogP) is 4.14. The van der Waals surface area contributed by atoms with Crippen LogP contribution in [0.1, 0.15) is 36.0 Å². The fraction of sp³-hybridized carbons (Fsp3) is 0.318. The fourth-order valence-corrected chi connectivity index (χ4v) is 3.13. The van der Waals surface area contributed by atoms with E-state index in [-0.39, 0.29) is 17.4 Å². The van der Waals surface area contributed by atoms with Gasteiger partial charge in [0.25, 0.3) is 0 Å².